The predicted molar refractivity (Wildman–Crippen MR) is 39.1 cm³/mol. The SMILES string of the molecule is C/C=C/C12C=CC(C1)C2. The molecule has 0 atom stereocenters. The maximum absolute atomic E-state index is 2.37. The first kappa shape index (κ1) is 5.28. The summed E-state index contributed by atoms with van der Waals surface area (Å²) in [5, 5.41) is 0. The first-order chi connectivity index (χ1) is 4.35. The van der Waals surface area contributed by atoms with Crippen LogP contribution < -0.4 is 0 Å². The maximum atomic E-state index is 2.37. The van der Waals surface area contributed by atoms with Gasteiger partial charge in [-0.1, -0.05) is 24.3 Å². The highest BCUT2D eigenvalue weighted by Gasteiger charge is 2.43. The molecule has 3 aliphatic rings. The first-order valence-electron chi connectivity index (χ1n) is 3.68. The van der Waals surface area contributed by atoms with E-state index in [1.807, 2.05) is 0 Å². The van der Waals surface area contributed by atoms with Crippen LogP contribution in [0.4, 0.5) is 0 Å². The zero-order valence-corrected chi connectivity index (χ0v) is 5.80. The van der Waals surface area contributed by atoms with Gasteiger partial charge in [0.15, 0.2) is 0 Å². The quantitative estimate of drug-likeness (QED) is 0.466. The van der Waals surface area contributed by atoms with Gasteiger partial charge in [-0.3, -0.25) is 0 Å². The molecule has 3 aliphatic carbocycles. The van der Waals surface area contributed by atoms with Crippen LogP contribution in [-0.4, -0.2) is 0 Å². The number of hydrogen-bond acceptors (Lipinski definition) is 0. The van der Waals surface area contributed by atoms with E-state index in [-0.39, 0.29) is 0 Å². The molecule has 3 rings (SSSR count). The monoisotopic (exact) mass is 120 g/mol. The Balaban J connectivity index is 2.19. The summed E-state index contributed by atoms with van der Waals surface area (Å²) in [6.07, 6.45) is 12.0. The predicted octanol–water partition coefficient (Wildman–Crippen LogP) is 2.53. The number of allylic oxidation sites excluding steroid dienone is 4. The summed E-state index contributed by atoms with van der Waals surface area (Å²) in [5.41, 5.74) is 0.527. The third kappa shape index (κ3) is 0.592. The van der Waals surface area contributed by atoms with Crippen molar-refractivity contribution in [3.63, 3.8) is 0 Å². The summed E-state index contributed by atoms with van der Waals surface area (Å²) in [7, 11) is 0. The van der Waals surface area contributed by atoms with Gasteiger partial charge in [-0.15, -0.1) is 0 Å². The molecule has 48 valence electrons. The van der Waals surface area contributed by atoms with E-state index < -0.39 is 0 Å². The van der Waals surface area contributed by atoms with Gasteiger partial charge in [-0.2, -0.15) is 0 Å². The average molecular weight is 120 g/mol. The van der Waals surface area contributed by atoms with Gasteiger partial charge in [-0.25, -0.2) is 0 Å². The molecule has 0 N–H and O–H groups in total. The van der Waals surface area contributed by atoms with Crippen molar-refractivity contribution in [1.82, 2.24) is 0 Å². The molecule has 9 heavy (non-hydrogen) atoms. The second-order valence-corrected chi connectivity index (χ2v) is 3.26. The van der Waals surface area contributed by atoms with Gasteiger partial charge in [-0.05, 0) is 25.7 Å². The fourth-order valence-electron chi connectivity index (χ4n) is 2.04. The topological polar surface area (TPSA) is 0 Å². The molecule has 0 radical (unpaired) electrons. The summed E-state index contributed by atoms with van der Waals surface area (Å²) in [5.74, 6) is 0.932. The van der Waals surface area contributed by atoms with E-state index in [1.54, 1.807) is 0 Å². The van der Waals surface area contributed by atoms with Crippen molar-refractivity contribution >= 4 is 0 Å². The van der Waals surface area contributed by atoms with Crippen LogP contribution in [0, 0.1) is 11.3 Å². The molecule has 0 nitrogen and oxygen atoms in total. The minimum atomic E-state index is 0.527. The Morgan fingerprint density at radius 3 is 2.78 bits per heavy atom. The summed E-state index contributed by atoms with van der Waals surface area (Å²) >= 11 is 0. The molecule has 2 bridgehead atoms. The van der Waals surface area contributed by atoms with Gasteiger partial charge < -0.3 is 0 Å². The lowest BCUT2D eigenvalue weighted by atomic mass is 9.68. The summed E-state index contributed by atoms with van der Waals surface area (Å²) in [4.78, 5) is 0. The van der Waals surface area contributed by atoms with Gasteiger partial charge >= 0.3 is 0 Å². The molecule has 0 spiro atoms. The smallest absolute Gasteiger partial charge is 0.00721 e. The van der Waals surface area contributed by atoms with Gasteiger partial charge in [0.25, 0.3) is 0 Å². The minimum Gasteiger partial charge on any atom is -0.0908 e. The fraction of sp³-hybridized carbons (Fsp3) is 0.556. The molecule has 0 amide bonds. The molecule has 0 heterocycles. The summed E-state index contributed by atoms with van der Waals surface area (Å²) < 4.78 is 0. The van der Waals surface area contributed by atoms with Crippen LogP contribution in [-0.2, 0) is 0 Å². The largest absolute Gasteiger partial charge is 0.0908 e. The molecular weight excluding hydrogens is 108 g/mol. The van der Waals surface area contributed by atoms with E-state index in [9.17, 15) is 0 Å². The van der Waals surface area contributed by atoms with E-state index in [1.165, 1.54) is 12.8 Å². The Kier molecular flexibility index (Phi) is 0.879. The van der Waals surface area contributed by atoms with Gasteiger partial charge in [0.05, 0.1) is 0 Å². The maximum Gasteiger partial charge on any atom is 0.00721 e. The molecular formula is C9H12. The van der Waals surface area contributed by atoms with E-state index in [2.05, 4.69) is 31.2 Å². The van der Waals surface area contributed by atoms with Crippen LogP contribution in [0.2, 0.25) is 0 Å². The Morgan fingerprint density at radius 1 is 1.56 bits per heavy atom. The van der Waals surface area contributed by atoms with Gasteiger partial charge in [0.1, 0.15) is 0 Å². The summed E-state index contributed by atoms with van der Waals surface area (Å²) in [6.45, 7) is 2.11. The van der Waals surface area contributed by atoms with Crippen molar-refractivity contribution in [1.29, 1.82) is 0 Å². The lowest BCUT2D eigenvalue weighted by Crippen LogP contribution is -2.25. The Morgan fingerprint density at radius 2 is 2.33 bits per heavy atom. The van der Waals surface area contributed by atoms with Crippen LogP contribution >= 0.6 is 0 Å². The van der Waals surface area contributed by atoms with Gasteiger partial charge in [0, 0.05) is 5.41 Å². The Labute approximate surface area is 56.3 Å². The van der Waals surface area contributed by atoms with E-state index in [4.69, 9.17) is 0 Å². The van der Waals surface area contributed by atoms with Crippen molar-refractivity contribution < 1.29 is 0 Å². The number of hydrogen-bond donors (Lipinski definition) is 0. The van der Waals surface area contributed by atoms with Crippen LogP contribution in [0.1, 0.15) is 19.8 Å². The van der Waals surface area contributed by atoms with Crippen LogP contribution in [0.5, 0.6) is 0 Å². The average Bonchev–Trinajstić information content (AvgIpc) is 2.22. The molecule has 0 unspecified atom stereocenters. The molecule has 1 saturated carbocycles. The Bertz CT molecular complexity index is 168. The summed E-state index contributed by atoms with van der Waals surface area (Å²) in [6, 6.07) is 0. The van der Waals surface area contributed by atoms with E-state index in [0.29, 0.717) is 5.41 Å². The third-order valence-corrected chi connectivity index (χ3v) is 2.48. The molecule has 0 aromatic carbocycles. The normalized spacial score (nSPS) is 46.1. The van der Waals surface area contributed by atoms with E-state index in [0.717, 1.165) is 5.92 Å². The second kappa shape index (κ2) is 1.50. The van der Waals surface area contributed by atoms with Crippen molar-refractivity contribution in [3.05, 3.63) is 24.3 Å². The van der Waals surface area contributed by atoms with Crippen molar-refractivity contribution in [2.24, 2.45) is 11.3 Å². The minimum absolute atomic E-state index is 0.527. The molecule has 0 aromatic heterocycles. The third-order valence-electron chi connectivity index (χ3n) is 2.48. The lowest BCUT2D eigenvalue weighted by molar-refractivity contribution is 0.240. The number of rotatable bonds is 1. The first-order valence-corrected chi connectivity index (χ1v) is 3.68. The fourth-order valence-corrected chi connectivity index (χ4v) is 2.04. The van der Waals surface area contributed by atoms with Gasteiger partial charge in [0.2, 0.25) is 0 Å². The van der Waals surface area contributed by atoms with Crippen LogP contribution in [0.15, 0.2) is 24.3 Å². The second-order valence-electron chi connectivity index (χ2n) is 3.26. The lowest BCUT2D eigenvalue weighted by Gasteiger charge is -2.35. The highest BCUT2D eigenvalue weighted by Crippen LogP contribution is 2.54. The van der Waals surface area contributed by atoms with Crippen molar-refractivity contribution in [3.8, 4) is 0 Å². The van der Waals surface area contributed by atoms with E-state index >= 15 is 0 Å². The highest BCUT2D eigenvalue weighted by molar-refractivity contribution is 5.27. The molecule has 1 fully saturated rings. The molecule has 0 saturated heterocycles. The zero-order valence-electron chi connectivity index (χ0n) is 5.80. The van der Waals surface area contributed by atoms with Crippen molar-refractivity contribution in [2.45, 2.75) is 19.8 Å². The van der Waals surface area contributed by atoms with Crippen molar-refractivity contribution in [2.75, 3.05) is 0 Å². The van der Waals surface area contributed by atoms with Crippen LogP contribution in [0.25, 0.3) is 0 Å². The Hall–Kier alpha value is -0.520. The molecule has 0 aromatic rings. The molecule has 0 heteroatoms. The molecule has 0 aliphatic heterocycles. The zero-order chi connectivity index (χ0) is 6.32. The highest BCUT2D eigenvalue weighted by atomic mass is 14.5. The van der Waals surface area contributed by atoms with Crippen LogP contribution in [0.3, 0.4) is 0 Å². The standard InChI is InChI=1S/C9H12/c1-2-4-9-5-3-8(6-9)7-9/h2-5,8H,6-7H2,1H3/b4-2+.